The van der Waals surface area contributed by atoms with Crippen LogP contribution in [0, 0.1) is 0 Å². The van der Waals surface area contributed by atoms with E-state index in [1.807, 2.05) is 6.92 Å². The average molecular weight is 379 g/mol. The van der Waals surface area contributed by atoms with Gasteiger partial charge in [0.05, 0.1) is 4.20 Å². The fraction of sp³-hybridized carbons (Fsp3) is 0.889. The number of carboxylic acid groups (broad SMARTS) is 1. The van der Waals surface area contributed by atoms with Gasteiger partial charge in [0.25, 0.3) is 0 Å². The highest BCUT2D eigenvalue weighted by Gasteiger charge is 2.38. The van der Waals surface area contributed by atoms with Gasteiger partial charge >= 0.3 is 5.97 Å². The van der Waals surface area contributed by atoms with Crippen LogP contribution in [0.2, 0.25) is 0 Å². The second-order valence-corrected chi connectivity index (χ2v) is 8.77. The van der Waals surface area contributed by atoms with Gasteiger partial charge in [-0.1, -0.05) is 90.3 Å². The van der Waals surface area contributed by atoms with Crippen molar-refractivity contribution in [2.45, 2.75) is 95.6 Å². The topological polar surface area (TPSA) is 37.3 Å². The Labute approximate surface area is 158 Å². The zero-order valence-corrected chi connectivity index (χ0v) is 17.3. The van der Waals surface area contributed by atoms with Crippen LogP contribution in [0.1, 0.15) is 90.9 Å². The Kier molecular flexibility index (Phi) is 14.8. The maximum Gasteiger partial charge on any atom is 0.325 e. The Balaban J connectivity index is 3.64. The van der Waals surface area contributed by atoms with Crippen LogP contribution in [0.15, 0.2) is 0 Å². The van der Waals surface area contributed by atoms with Gasteiger partial charge in [-0.3, -0.25) is 4.79 Å². The van der Waals surface area contributed by atoms with Gasteiger partial charge in [0.1, 0.15) is 0 Å². The molecule has 0 rings (SSSR count). The third-order valence-electron chi connectivity index (χ3n) is 4.03. The monoisotopic (exact) mass is 378 g/mol. The largest absolute Gasteiger partial charge is 0.480 e. The van der Waals surface area contributed by atoms with Gasteiger partial charge in [-0.25, -0.2) is 0 Å². The summed E-state index contributed by atoms with van der Waals surface area (Å²) >= 11 is 11.1. The number of carboxylic acids is 1. The fourth-order valence-electron chi connectivity index (χ4n) is 2.53. The molecule has 0 fully saturated rings. The Morgan fingerprint density at radius 3 is 1.87 bits per heavy atom. The molecule has 0 heterocycles. The number of rotatable bonds is 15. The van der Waals surface area contributed by atoms with Crippen LogP contribution in [0.3, 0.4) is 0 Å². The maximum atomic E-state index is 11.4. The van der Waals surface area contributed by atoms with E-state index >= 15 is 0 Å². The minimum absolute atomic E-state index is 0.495. The molecule has 0 aromatic rings. The first-order chi connectivity index (χ1) is 11.0. The highest BCUT2D eigenvalue weighted by Crippen LogP contribution is 2.30. The Morgan fingerprint density at radius 1 is 0.957 bits per heavy atom. The number of hydrogen-bond donors (Lipinski definition) is 2. The number of hydrogen-bond acceptors (Lipinski definition) is 4. The summed E-state index contributed by atoms with van der Waals surface area (Å²) in [6, 6.07) is 0. The molecular weight excluding hydrogens is 344 g/mol. The molecule has 0 aliphatic heterocycles. The summed E-state index contributed by atoms with van der Waals surface area (Å²) < 4.78 is -0.626. The van der Waals surface area contributed by atoms with E-state index in [-0.39, 0.29) is 0 Å². The number of aliphatic carboxylic acids is 1. The Hall–Kier alpha value is 0.260. The molecule has 0 aliphatic rings. The number of unbranched alkanes of at least 4 members (excludes halogenated alkanes) is 9. The molecule has 0 saturated heterocycles. The van der Waals surface area contributed by atoms with Crippen molar-refractivity contribution in [2.24, 2.45) is 0 Å². The number of carbonyl (C=O) groups is 1. The van der Waals surface area contributed by atoms with E-state index in [4.69, 9.17) is 12.2 Å². The van der Waals surface area contributed by atoms with Gasteiger partial charge in [-0.2, -0.15) is 12.6 Å². The van der Waals surface area contributed by atoms with E-state index in [9.17, 15) is 9.90 Å². The molecule has 1 N–H and O–H groups in total. The van der Waals surface area contributed by atoms with Crippen LogP contribution in [0.25, 0.3) is 0 Å². The normalized spacial score (nSPS) is 13.7. The van der Waals surface area contributed by atoms with Crippen molar-refractivity contribution < 1.29 is 9.90 Å². The molecule has 1 atom stereocenters. The van der Waals surface area contributed by atoms with Crippen molar-refractivity contribution in [3.63, 3.8) is 0 Å². The van der Waals surface area contributed by atoms with Gasteiger partial charge < -0.3 is 5.11 Å². The predicted molar refractivity (Wildman–Crippen MR) is 111 cm³/mol. The lowest BCUT2D eigenvalue weighted by atomic mass is 10.1. The minimum Gasteiger partial charge on any atom is -0.480 e. The summed E-state index contributed by atoms with van der Waals surface area (Å²) in [7, 11) is 0. The standard InChI is InChI=1S/C18H34O2S3/c1-3-5-6-7-8-9-10-11-12-13-15-23-17(21)18(22,14-4-2)16(19)20/h22H,3-15H2,1-2H3,(H,19,20). The third kappa shape index (κ3) is 10.7. The van der Waals surface area contributed by atoms with Crippen molar-refractivity contribution in [1.82, 2.24) is 0 Å². The molecule has 2 nitrogen and oxygen atoms in total. The second kappa shape index (κ2) is 14.6. The van der Waals surface area contributed by atoms with E-state index in [2.05, 4.69) is 19.6 Å². The summed E-state index contributed by atoms with van der Waals surface area (Å²) in [5, 5.41) is 9.33. The van der Waals surface area contributed by atoms with Gasteiger partial charge in [-0.15, -0.1) is 11.8 Å². The van der Waals surface area contributed by atoms with Crippen molar-refractivity contribution >= 4 is 46.8 Å². The first-order valence-corrected chi connectivity index (χ1v) is 11.0. The third-order valence-corrected chi connectivity index (χ3v) is 6.78. The number of thiol groups is 1. The number of thioether (sulfide) groups is 1. The molecule has 0 aromatic heterocycles. The fourth-order valence-corrected chi connectivity index (χ4v) is 4.35. The van der Waals surface area contributed by atoms with Crippen molar-refractivity contribution in [3.05, 3.63) is 0 Å². The molecule has 136 valence electrons. The van der Waals surface area contributed by atoms with Crippen LogP contribution >= 0.6 is 36.6 Å². The molecule has 0 amide bonds. The lowest BCUT2D eigenvalue weighted by molar-refractivity contribution is -0.137. The minimum atomic E-state index is -1.15. The zero-order valence-electron chi connectivity index (χ0n) is 14.8. The molecular formula is C18H34O2S3. The molecule has 0 aromatic carbocycles. The average Bonchev–Trinajstić information content (AvgIpc) is 2.52. The van der Waals surface area contributed by atoms with Gasteiger partial charge in [-0.05, 0) is 18.6 Å². The first-order valence-electron chi connectivity index (χ1n) is 9.12. The van der Waals surface area contributed by atoms with Crippen LogP contribution < -0.4 is 0 Å². The van der Waals surface area contributed by atoms with E-state index in [1.54, 1.807) is 0 Å². The SMILES string of the molecule is CCCCCCCCCCCCSC(=S)C(S)(CCC)C(=O)O. The van der Waals surface area contributed by atoms with E-state index in [0.29, 0.717) is 10.6 Å². The molecule has 0 spiro atoms. The first kappa shape index (κ1) is 23.3. The van der Waals surface area contributed by atoms with Gasteiger partial charge in [0.2, 0.25) is 0 Å². The van der Waals surface area contributed by atoms with E-state index in [1.165, 1.54) is 69.5 Å². The quantitative estimate of drug-likeness (QED) is 0.193. The summed E-state index contributed by atoms with van der Waals surface area (Å²) in [4.78, 5) is 11.4. The van der Waals surface area contributed by atoms with Crippen LogP contribution in [0.5, 0.6) is 0 Å². The number of thiocarbonyl (C=S) groups is 1. The summed E-state index contributed by atoms with van der Waals surface area (Å²) in [6.45, 7) is 4.21. The molecule has 0 bridgehead atoms. The smallest absolute Gasteiger partial charge is 0.325 e. The summed E-state index contributed by atoms with van der Waals surface area (Å²) in [5.74, 6) is -0.00230. The van der Waals surface area contributed by atoms with Crippen molar-refractivity contribution in [3.8, 4) is 0 Å². The van der Waals surface area contributed by atoms with Crippen molar-refractivity contribution in [1.29, 1.82) is 0 Å². The Morgan fingerprint density at radius 2 is 1.43 bits per heavy atom. The van der Waals surface area contributed by atoms with Crippen molar-refractivity contribution in [2.75, 3.05) is 5.75 Å². The van der Waals surface area contributed by atoms with Crippen LogP contribution in [-0.2, 0) is 4.79 Å². The zero-order chi connectivity index (χ0) is 17.6. The highest BCUT2D eigenvalue weighted by atomic mass is 32.2. The molecule has 0 saturated carbocycles. The predicted octanol–water partition coefficient (Wildman–Crippen LogP) is 6.52. The van der Waals surface area contributed by atoms with Gasteiger partial charge in [0.15, 0.2) is 4.75 Å². The molecule has 1 unspecified atom stereocenters. The van der Waals surface area contributed by atoms with E-state index < -0.39 is 10.7 Å². The molecule has 5 heteroatoms. The molecule has 0 radical (unpaired) electrons. The molecule has 0 aliphatic carbocycles. The lowest BCUT2D eigenvalue weighted by Crippen LogP contribution is -2.38. The highest BCUT2D eigenvalue weighted by molar-refractivity contribution is 8.24. The lowest BCUT2D eigenvalue weighted by Gasteiger charge is -2.23. The van der Waals surface area contributed by atoms with E-state index in [0.717, 1.165) is 18.6 Å². The maximum absolute atomic E-state index is 11.4. The summed E-state index contributed by atoms with van der Waals surface area (Å²) in [6.07, 6.45) is 14.4. The Bertz CT molecular complexity index is 334. The van der Waals surface area contributed by atoms with Crippen LogP contribution in [-0.4, -0.2) is 25.8 Å². The molecule has 23 heavy (non-hydrogen) atoms. The second-order valence-electron chi connectivity index (χ2n) is 6.23. The van der Waals surface area contributed by atoms with Crippen LogP contribution in [0.4, 0.5) is 0 Å². The summed E-state index contributed by atoms with van der Waals surface area (Å²) in [5.41, 5.74) is 0. The van der Waals surface area contributed by atoms with Gasteiger partial charge in [0, 0.05) is 0 Å².